The molecule has 1 aromatic rings. The van der Waals surface area contributed by atoms with E-state index in [0.29, 0.717) is 18.4 Å². The molecule has 0 spiro atoms. The summed E-state index contributed by atoms with van der Waals surface area (Å²) in [4.78, 5) is 21.5. The van der Waals surface area contributed by atoms with Gasteiger partial charge in [0.25, 0.3) is 5.69 Å². The van der Waals surface area contributed by atoms with Gasteiger partial charge in [-0.05, 0) is 36.6 Å². The number of hydrogen-bond donors (Lipinski definition) is 1. The van der Waals surface area contributed by atoms with E-state index in [1.165, 1.54) is 18.2 Å². The van der Waals surface area contributed by atoms with Gasteiger partial charge >= 0.3 is 0 Å². The quantitative estimate of drug-likeness (QED) is 0.505. The van der Waals surface area contributed by atoms with Gasteiger partial charge in [-0.15, -0.1) is 0 Å². The molecular formula is C13H11N3O3. The summed E-state index contributed by atoms with van der Waals surface area (Å²) in [7, 11) is 0. The Morgan fingerprint density at radius 2 is 2.05 bits per heavy atom. The van der Waals surface area contributed by atoms with Crippen molar-refractivity contribution in [2.75, 3.05) is 0 Å². The van der Waals surface area contributed by atoms with E-state index >= 15 is 0 Å². The highest BCUT2D eigenvalue weighted by Gasteiger charge is 2.44. The molecule has 0 aromatic heterocycles. The van der Waals surface area contributed by atoms with Crippen LogP contribution in [0.1, 0.15) is 18.4 Å². The van der Waals surface area contributed by atoms with Gasteiger partial charge in [-0.2, -0.15) is 5.26 Å². The Kier molecular flexibility index (Phi) is 3.29. The van der Waals surface area contributed by atoms with Crippen LogP contribution in [0.2, 0.25) is 0 Å². The largest absolute Gasteiger partial charge is 0.334 e. The third kappa shape index (κ3) is 3.16. The van der Waals surface area contributed by atoms with Gasteiger partial charge in [0.1, 0.15) is 5.54 Å². The Morgan fingerprint density at radius 3 is 2.53 bits per heavy atom. The first-order valence-corrected chi connectivity index (χ1v) is 5.71. The second kappa shape index (κ2) is 4.90. The fraction of sp³-hybridized carbons (Fsp3) is 0.231. The zero-order chi connectivity index (χ0) is 13.9. The van der Waals surface area contributed by atoms with Gasteiger partial charge < -0.3 is 5.32 Å². The van der Waals surface area contributed by atoms with Crippen LogP contribution in [-0.4, -0.2) is 16.4 Å². The van der Waals surface area contributed by atoms with Crippen molar-refractivity contribution >= 4 is 17.7 Å². The molecule has 96 valence electrons. The molecule has 1 saturated carbocycles. The molecule has 1 N–H and O–H groups in total. The topological polar surface area (TPSA) is 96.0 Å². The lowest BCUT2D eigenvalue weighted by atomic mass is 10.2. The lowest BCUT2D eigenvalue weighted by molar-refractivity contribution is -0.384. The van der Waals surface area contributed by atoms with Crippen molar-refractivity contribution in [2.45, 2.75) is 18.4 Å². The van der Waals surface area contributed by atoms with E-state index in [1.54, 1.807) is 18.2 Å². The minimum Gasteiger partial charge on any atom is -0.334 e. The second-order valence-corrected chi connectivity index (χ2v) is 4.37. The highest BCUT2D eigenvalue weighted by molar-refractivity contribution is 5.92. The average Bonchev–Trinajstić information content (AvgIpc) is 3.17. The predicted octanol–water partition coefficient (Wildman–Crippen LogP) is 1.78. The maximum absolute atomic E-state index is 11.5. The maximum Gasteiger partial charge on any atom is 0.269 e. The van der Waals surface area contributed by atoms with Crippen LogP contribution in [0.4, 0.5) is 5.69 Å². The van der Waals surface area contributed by atoms with Crippen LogP contribution >= 0.6 is 0 Å². The number of nitrogens with one attached hydrogen (secondary N) is 1. The van der Waals surface area contributed by atoms with Gasteiger partial charge in [0.2, 0.25) is 5.91 Å². The summed E-state index contributed by atoms with van der Waals surface area (Å²) < 4.78 is 0. The average molecular weight is 257 g/mol. The van der Waals surface area contributed by atoms with E-state index in [-0.39, 0.29) is 11.6 Å². The van der Waals surface area contributed by atoms with E-state index in [2.05, 4.69) is 11.4 Å². The van der Waals surface area contributed by atoms with Crippen molar-refractivity contribution in [3.8, 4) is 6.07 Å². The molecule has 0 bridgehead atoms. The fourth-order valence-corrected chi connectivity index (χ4v) is 1.55. The van der Waals surface area contributed by atoms with Gasteiger partial charge in [-0.25, -0.2) is 0 Å². The number of benzene rings is 1. The SMILES string of the molecule is N#CC1(NC(=O)/C=C/c2ccc([N+](=O)[O-])cc2)CC1. The number of hydrogen-bond acceptors (Lipinski definition) is 4. The first kappa shape index (κ1) is 12.8. The number of nitriles is 1. The minimum atomic E-state index is -0.684. The molecule has 0 aliphatic heterocycles. The molecule has 0 atom stereocenters. The number of nitro groups is 1. The van der Waals surface area contributed by atoms with E-state index in [9.17, 15) is 14.9 Å². The Labute approximate surface area is 109 Å². The molecule has 1 aliphatic rings. The molecule has 2 rings (SSSR count). The lowest BCUT2D eigenvalue weighted by Crippen LogP contribution is -2.34. The molecule has 0 radical (unpaired) electrons. The van der Waals surface area contributed by atoms with Crippen LogP contribution in [0.15, 0.2) is 30.3 Å². The van der Waals surface area contributed by atoms with E-state index < -0.39 is 10.5 Å². The molecule has 0 heterocycles. The predicted molar refractivity (Wildman–Crippen MR) is 67.9 cm³/mol. The summed E-state index contributed by atoms with van der Waals surface area (Å²) in [6.07, 6.45) is 4.23. The van der Waals surface area contributed by atoms with Crippen LogP contribution in [0, 0.1) is 21.4 Å². The number of rotatable bonds is 4. The molecule has 1 aliphatic carbocycles. The van der Waals surface area contributed by atoms with Crippen molar-refractivity contribution in [2.24, 2.45) is 0 Å². The highest BCUT2D eigenvalue weighted by atomic mass is 16.6. The van der Waals surface area contributed by atoms with Gasteiger partial charge in [-0.3, -0.25) is 14.9 Å². The highest BCUT2D eigenvalue weighted by Crippen LogP contribution is 2.34. The molecule has 0 unspecified atom stereocenters. The Hall–Kier alpha value is -2.68. The van der Waals surface area contributed by atoms with E-state index in [1.807, 2.05) is 0 Å². The number of non-ortho nitro benzene ring substituents is 1. The zero-order valence-corrected chi connectivity index (χ0v) is 10.00. The Bertz CT molecular complexity index is 580. The lowest BCUT2D eigenvalue weighted by Gasteiger charge is -2.05. The molecule has 6 nitrogen and oxygen atoms in total. The van der Waals surface area contributed by atoms with Crippen molar-refractivity contribution in [1.29, 1.82) is 5.26 Å². The van der Waals surface area contributed by atoms with E-state index in [4.69, 9.17) is 5.26 Å². The van der Waals surface area contributed by atoms with Gasteiger partial charge in [-0.1, -0.05) is 0 Å². The van der Waals surface area contributed by atoms with Crippen LogP contribution in [0.25, 0.3) is 6.08 Å². The monoisotopic (exact) mass is 257 g/mol. The zero-order valence-electron chi connectivity index (χ0n) is 10.00. The summed E-state index contributed by atoms with van der Waals surface area (Å²) in [5, 5.41) is 21.9. The minimum absolute atomic E-state index is 0.00279. The van der Waals surface area contributed by atoms with Crippen LogP contribution < -0.4 is 5.32 Å². The third-order valence-electron chi connectivity index (χ3n) is 2.86. The fourth-order valence-electron chi connectivity index (χ4n) is 1.55. The molecule has 0 saturated heterocycles. The molecular weight excluding hydrogens is 246 g/mol. The van der Waals surface area contributed by atoms with Gasteiger partial charge in [0.15, 0.2) is 0 Å². The summed E-state index contributed by atoms with van der Waals surface area (Å²) in [5.41, 5.74) is 0.00208. The van der Waals surface area contributed by atoms with Gasteiger partial charge in [0, 0.05) is 18.2 Å². The smallest absolute Gasteiger partial charge is 0.269 e. The summed E-state index contributed by atoms with van der Waals surface area (Å²) >= 11 is 0. The first-order chi connectivity index (χ1) is 9.04. The number of nitrogens with zero attached hydrogens (tertiary/aromatic N) is 2. The number of amides is 1. The number of carbonyl (C=O) groups is 1. The normalized spacial score (nSPS) is 15.7. The standard InChI is InChI=1S/C13H11N3O3/c14-9-13(7-8-13)15-12(17)6-3-10-1-4-11(5-2-10)16(18)19/h1-6H,7-8H2,(H,15,17)/b6-3+. The van der Waals surface area contributed by atoms with Crippen molar-refractivity contribution < 1.29 is 9.72 Å². The summed E-state index contributed by atoms with van der Waals surface area (Å²) in [5.74, 6) is -0.336. The maximum atomic E-state index is 11.5. The summed E-state index contributed by atoms with van der Waals surface area (Å²) in [6, 6.07) is 7.91. The first-order valence-electron chi connectivity index (χ1n) is 5.71. The van der Waals surface area contributed by atoms with Crippen LogP contribution in [-0.2, 0) is 4.79 Å². The number of nitro benzene ring substituents is 1. The molecule has 1 fully saturated rings. The van der Waals surface area contributed by atoms with Crippen molar-refractivity contribution in [1.82, 2.24) is 5.32 Å². The Morgan fingerprint density at radius 1 is 1.42 bits per heavy atom. The van der Waals surface area contributed by atoms with Crippen molar-refractivity contribution in [3.63, 3.8) is 0 Å². The third-order valence-corrected chi connectivity index (χ3v) is 2.86. The van der Waals surface area contributed by atoms with Crippen molar-refractivity contribution in [3.05, 3.63) is 46.0 Å². The second-order valence-electron chi connectivity index (χ2n) is 4.37. The molecule has 1 amide bonds. The van der Waals surface area contributed by atoms with Crippen LogP contribution in [0.3, 0.4) is 0 Å². The van der Waals surface area contributed by atoms with Gasteiger partial charge in [0.05, 0.1) is 11.0 Å². The Balaban J connectivity index is 1.97. The number of carbonyl (C=O) groups excluding carboxylic acids is 1. The van der Waals surface area contributed by atoms with E-state index in [0.717, 1.165) is 0 Å². The molecule has 19 heavy (non-hydrogen) atoms. The van der Waals surface area contributed by atoms with Crippen LogP contribution in [0.5, 0.6) is 0 Å². The molecule has 6 heteroatoms. The molecule has 1 aromatic carbocycles. The summed E-state index contributed by atoms with van der Waals surface area (Å²) in [6.45, 7) is 0.